The molecule has 0 bridgehead atoms. The highest BCUT2D eigenvalue weighted by Gasteiger charge is 2.30. The highest BCUT2D eigenvalue weighted by molar-refractivity contribution is 6.68. The summed E-state index contributed by atoms with van der Waals surface area (Å²) in [7, 11) is 0. The minimum absolute atomic E-state index is 0.111. The molecule has 1 aromatic rings. The van der Waals surface area contributed by atoms with E-state index in [2.05, 4.69) is 5.10 Å². The number of amides is 1. The molecule has 90 valence electrons. The second-order valence-electron chi connectivity index (χ2n) is 3.68. The molecule has 1 aromatic carbocycles. The second-order valence-corrected chi connectivity index (χ2v) is 6.19. The molecule has 6 heteroatoms. The Labute approximate surface area is 114 Å². The average Bonchev–Trinajstić information content (AvgIpc) is 2.58. The van der Waals surface area contributed by atoms with Crippen molar-refractivity contribution in [1.29, 1.82) is 0 Å². The molecule has 0 aliphatic carbocycles. The molecule has 17 heavy (non-hydrogen) atoms. The maximum absolute atomic E-state index is 11.8. The van der Waals surface area contributed by atoms with Gasteiger partial charge in [0.25, 0.3) is 5.91 Å². The highest BCUT2D eigenvalue weighted by Crippen LogP contribution is 2.33. The molecule has 0 saturated heterocycles. The standard InChI is InChI=1S/C11H9Cl3N2O/c12-11(13,14)7-8-6-10(17)16(15-8)9-4-2-1-3-5-9/h1-5H,6-7H2. The number of benzene rings is 1. The summed E-state index contributed by atoms with van der Waals surface area (Å²) in [5, 5.41) is 5.51. The minimum Gasteiger partial charge on any atom is -0.272 e. The number of carbonyl (C=O) groups excluding carboxylic acids is 1. The van der Waals surface area contributed by atoms with E-state index in [0.29, 0.717) is 5.71 Å². The van der Waals surface area contributed by atoms with Crippen molar-refractivity contribution in [2.24, 2.45) is 5.10 Å². The van der Waals surface area contributed by atoms with Crippen molar-refractivity contribution in [2.75, 3.05) is 5.01 Å². The fraction of sp³-hybridized carbons (Fsp3) is 0.273. The Hall–Kier alpha value is -0.770. The smallest absolute Gasteiger partial charge is 0.253 e. The maximum atomic E-state index is 11.8. The summed E-state index contributed by atoms with van der Waals surface area (Å²) in [6.07, 6.45) is 0.357. The summed E-state index contributed by atoms with van der Waals surface area (Å²) in [6.45, 7) is 0. The molecule has 0 N–H and O–H groups in total. The van der Waals surface area contributed by atoms with Crippen LogP contribution in [0.4, 0.5) is 5.69 Å². The highest BCUT2D eigenvalue weighted by atomic mass is 35.6. The van der Waals surface area contributed by atoms with Crippen LogP contribution in [0.1, 0.15) is 12.8 Å². The number of hydrogen-bond acceptors (Lipinski definition) is 2. The van der Waals surface area contributed by atoms with Gasteiger partial charge < -0.3 is 0 Å². The van der Waals surface area contributed by atoms with Gasteiger partial charge in [-0.15, -0.1) is 0 Å². The Bertz CT molecular complexity index is 454. The van der Waals surface area contributed by atoms with Crippen LogP contribution in [0.3, 0.4) is 0 Å². The van der Waals surface area contributed by atoms with Crippen LogP contribution >= 0.6 is 34.8 Å². The lowest BCUT2D eigenvalue weighted by molar-refractivity contribution is -0.116. The van der Waals surface area contributed by atoms with Crippen LogP contribution in [-0.4, -0.2) is 15.4 Å². The molecule has 0 aromatic heterocycles. The first-order valence-corrected chi connectivity index (χ1v) is 6.10. The summed E-state index contributed by atoms with van der Waals surface area (Å²) in [6, 6.07) is 9.16. The Morgan fingerprint density at radius 2 is 1.88 bits per heavy atom. The zero-order valence-corrected chi connectivity index (χ0v) is 11.0. The number of hydrazone groups is 1. The molecule has 3 nitrogen and oxygen atoms in total. The lowest BCUT2D eigenvalue weighted by atomic mass is 10.2. The molecule has 0 radical (unpaired) electrons. The molecular weight excluding hydrogens is 282 g/mol. The van der Waals surface area contributed by atoms with Gasteiger partial charge in [-0.1, -0.05) is 53.0 Å². The first-order chi connectivity index (χ1) is 7.96. The predicted octanol–water partition coefficient (Wildman–Crippen LogP) is 3.54. The molecule has 0 spiro atoms. The van der Waals surface area contributed by atoms with Gasteiger partial charge in [-0.25, -0.2) is 5.01 Å². The number of halogens is 3. The number of hydrogen-bond donors (Lipinski definition) is 0. The van der Waals surface area contributed by atoms with Gasteiger partial charge in [0.05, 0.1) is 17.8 Å². The van der Waals surface area contributed by atoms with Crippen LogP contribution in [0.2, 0.25) is 0 Å². The van der Waals surface area contributed by atoms with E-state index < -0.39 is 3.79 Å². The van der Waals surface area contributed by atoms with Crippen molar-refractivity contribution >= 4 is 52.1 Å². The van der Waals surface area contributed by atoms with Gasteiger partial charge >= 0.3 is 0 Å². The van der Waals surface area contributed by atoms with Crippen molar-refractivity contribution in [1.82, 2.24) is 0 Å². The van der Waals surface area contributed by atoms with Crippen LogP contribution in [0, 0.1) is 0 Å². The van der Waals surface area contributed by atoms with Gasteiger partial charge in [0.2, 0.25) is 0 Å². The lowest BCUT2D eigenvalue weighted by Crippen LogP contribution is -2.19. The lowest BCUT2D eigenvalue weighted by Gasteiger charge is -2.11. The number of para-hydroxylation sites is 1. The normalized spacial score (nSPS) is 16.3. The third-order valence-corrected chi connectivity index (χ3v) is 2.64. The van der Waals surface area contributed by atoms with Crippen molar-refractivity contribution in [3.63, 3.8) is 0 Å². The van der Waals surface area contributed by atoms with Gasteiger partial charge in [0, 0.05) is 6.42 Å². The monoisotopic (exact) mass is 290 g/mol. The van der Waals surface area contributed by atoms with Gasteiger partial charge in [0.1, 0.15) is 0 Å². The summed E-state index contributed by atoms with van der Waals surface area (Å²) in [5.41, 5.74) is 1.30. The summed E-state index contributed by atoms with van der Waals surface area (Å²) < 4.78 is -1.41. The molecule has 0 saturated carbocycles. The first kappa shape index (κ1) is 12.7. The Balaban J connectivity index is 2.18. The van der Waals surface area contributed by atoms with E-state index in [1.54, 1.807) is 12.1 Å². The fourth-order valence-electron chi connectivity index (χ4n) is 1.58. The topological polar surface area (TPSA) is 32.7 Å². The van der Waals surface area contributed by atoms with Crippen LogP contribution in [0.25, 0.3) is 0 Å². The number of nitrogens with zero attached hydrogens (tertiary/aromatic N) is 2. The van der Waals surface area contributed by atoms with E-state index in [-0.39, 0.29) is 18.7 Å². The number of anilines is 1. The molecule has 0 fully saturated rings. The van der Waals surface area contributed by atoms with Gasteiger partial charge in [-0.05, 0) is 12.1 Å². The summed E-state index contributed by atoms with van der Waals surface area (Å²) >= 11 is 17.0. The third kappa shape index (κ3) is 3.35. The predicted molar refractivity (Wildman–Crippen MR) is 70.9 cm³/mol. The Morgan fingerprint density at radius 1 is 1.24 bits per heavy atom. The van der Waals surface area contributed by atoms with Crippen LogP contribution in [0.15, 0.2) is 35.4 Å². The van der Waals surface area contributed by atoms with E-state index in [0.717, 1.165) is 5.69 Å². The van der Waals surface area contributed by atoms with Crippen LogP contribution < -0.4 is 5.01 Å². The van der Waals surface area contributed by atoms with Crippen molar-refractivity contribution in [3.05, 3.63) is 30.3 Å². The second kappa shape index (κ2) is 4.84. The molecule has 0 unspecified atom stereocenters. The van der Waals surface area contributed by atoms with E-state index in [1.807, 2.05) is 18.2 Å². The quantitative estimate of drug-likeness (QED) is 0.767. The van der Waals surface area contributed by atoms with Crippen molar-refractivity contribution in [2.45, 2.75) is 16.6 Å². The van der Waals surface area contributed by atoms with Gasteiger partial charge in [-0.3, -0.25) is 4.79 Å². The number of rotatable bonds is 2. The SMILES string of the molecule is O=C1CC(CC(Cl)(Cl)Cl)=NN1c1ccccc1. The Morgan fingerprint density at radius 3 is 2.47 bits per heavy atom. The molecule has 1 aliphatic rings. The maximum Gasteiger partial charge on any atom is 0.253 e. The largest absolute Gasteiger partial charge is 0.272 e. The average molecular weight is 292 g/mol. The minimum atomic E-state index is -1.41. The number of alkyl halides is 3. The van der Waals surface area contributed by atoms with E-state index in [9.17, 15) is 4.79 Å². The Kier molecular flexibility index (Phi) is 3.61. The summed E-state index contributed by atoms with van der Waals surface area (Å²) in [4.78, 5) is 11.8. The van der Waals surface area contributed by atoms with Crippen molar-refractivity contribution < 1.29 is 4.79 Å². The van der Waals surface area contributed by atoms with E-state index in [1.165, 1.54) is 5.01 Å². The fourth-order valence-corrected chi connectivity index (χ4v) is 2.04. The van der Waals surface area contributed by atoms with Gasteiger partial charge in [-0.2, -0.15) is 5.10 Å². The molecular formula is C11H9Cl3N2O. The molecule has 1 aliphatic heterocycles. The van der Waals surface area contributed by atoms with Crippen LogP contribution in [-0.2, 0) is 4.79 Å². The molecule has 1 heterocycles. The first-order valence-electron chi connectivity index (χ1n) is 4.97. The van der Waals surface area contributed by atoms with Crippen LogP contribution in [0.5, 0.6) is 0 Å². The van der Waals surface area contributed by atoms with Crippen molar-refractivity contribution in [3.8, 4) is 0 Å². The van der Waals surface area contributed by atoms with E-state index in [4.69, 9.17) is 34.8 Å². The zero-order valence-electron chi connectivity index (χ0n) is 8.74. The summed E-state index contributed by atoms with van der Waals surface area (Å²) in [5.74, 6) is -0.111. The molecule has 2 rings (SSSR count). The third-order valence-electron chi connectivity index (χ3n) is 2.24. The molecule has 0 atom stereocenters. The van der Waals surface area contributed by atoms with Gasteiger partial charge in [0.15, 0.2) is 3.79 Å². The van der Waals surface area contributed by atoms with E-state index >= 15 is 0 Å². The molecule has 1 amide bonds. The zero-order chi connectivity index (χ0) is 12.5. The number of carbonyl (C=O) groups is 1.